The van der Waals surface area contributed by atoms with E-state index in [2.05, 4.69) is 78.1 Å². The number of urea groups is 1. The van der Waals surface area contributed by atoms with Crippen LogP contribution in [0.1, 0.15) is 104 Å². The molecule has 0 aliphatic heterocycles. The zero-order valence-corrected chi connectivity index (χ0v) is 44.3. The van der Waals surface area contributed by atoms with Crippen molar-refractivity contribution < 1.29 is 33.1 Å². The lowest BCUT2D eigenvalue weighted by molar-refractivity contribution is -0.118. The van der Waals surface area contributed by atoms with Gasteiger partial charge in [-0.15, -0.1) is 5.92 Å². The summed E-state index contributed by atoms with van der Waals surface area (Å²) >= 11 is 0. The Morgan fingerprint density at radius 2 is 1.36 bits per heavy atom. The Labute approximate surface area is 427 Å². The van der Waals surface area contributed by atoms with Gasteiger partial charge in [0.05, 0.1) is 25.7 Å². The third-order valence-corrected chi connectivity index (χ3v) is 17.8. The first-order valence-corrected chi connectivity index (χ1v) is 26.7. The molecule has 1 aliphatic rings. The van der Waals surface area contributed by atoms with Crippen LogP contribution in [0, 0.1) is 17.8 Å². The Hall–Kier alpha value is -6.92. The van der Waals surface area contributed by atoms with E-state index in [1.54, 1.807) is 32.6 Å². The highest BCUT2D eigenvalue weighted by molar-refractivity contribution is 6.99. The van der Waals surface area contributed by atoms with Crippen LogP contribution >= 0.6 is 0 Å². The van der Waals surface area contributed by atoms with E-state index in [1.807, 2.05) is 117 Å². The van der Waals surface area contributed by atoms with Gasteiger partial charge in [0.15, 0.2) is 6.10 Å². The van der Waals surface area contributed by atoms with Crippen molar-refractivity contribution in [2.75, 3.05) is 25.0 Å². The number of carbonyl (C=O) groups is 4. The number of amides is 5. The number of nitrogens with zero attached hydrogens (tertiary/aromatic N) is 1. The van der Waals surface area contributed by atoms with Crippen LogP contribution in [0.5, 0.6) is 0 Å². The first-order chi connectivity index (χ1) is 34.3. The minimum atomic E-state index is -3.03. The van der Waals surface area contributed by atoms with E-state index in [1.165, 1.54) is 0 Å². The predicted molar refractivity (Wildman–Crippen MR) is 288 cm³/mol. The minimum Gasteiger partial charge on any atom is -0.444 e. The van der Waals surface area contributed by atoms with Crippen molar-refractivity contribution in [1.29, 1.82) is 0 Å². The number of primary amides is 1. The highest BCUT2D eigenvalue weighted by Gasteiger charge is 2.50. The molecule has 1 aliphatic carbocycles. The summed E-state index contributed by atoms with van der Waals surface area (Å²) in [6.45, 7) is 18.7. The summed E-state index contributed by atoms with van der Waals surface area (Å²) in [6.07, 6.45) is -0.945. The van der Waals surface area contributed by atoms with Gasteiger partial charge in [-0.2, -0.15) is 0 Å². The predicted octanol–water partition coefficient (Wildman–Crippen LogP) is 9.39. The topological polar surface area (TPSA) is 173 Å². The molecule has 6 rings (SSSR count). The van der Waals surface area contributed by atoms with Crippen LogP contribution < -0.4 is 37.4 Å². The van der Waals surface area contributed by atoms with Crippen LogP contribution in [-0.4, -0.2) is 74.7 Å². The lowest BCUT2D eigenvalue weighted by atomic mass is 10.0. The number of ether oxygens (including phenoxy) is 2. The zero-order valence-electron chi connectivity index (χ0n) is 43.3. The smallest absolute Gasteiger partial charge is 0.411 e. The second-order valence-corrected chi connectivity index (χ2v) is 24.8. The summed E-state index contributed by atoms with van der Waals surface area (Å²) in [5, 5.41) is 14.0. The standard InChI is InChI=1S/C58H72N6O7Si/c1-10-11-35-64(56(68)70-52-48-29-20-18-27-46(48)47-28-19-21-30-49(47)52)38-42-36-43(33-32-41(42)39-69-72(58(7,8)9,44-23-14-12-15-24-44)45-25-16-13-17-26-45)62-53(65)50(31-22-34-60-54(59)66)61-37-51(40(2)3)63-55(67)71-57(4,5)6/h12-21,23-30,32-33,36,40,50-52,61H,22,31,34-35,37-39H2,1-9H3,(H,62,65)(H,63,67)(H3,59,60,66)/t50-,51+/m0/s1. The first-order valence-electron chi connectivity index (χ1n) is 24.8. The zero-order chi connectivity index (χ0) is 52.1. The van der Waals surface area contributed by atoms with E-state index >= 15 is 0 Å². The van der Waals surface area contributed by atoms with Crippen molar-refractivity contribution in [3.63, 3.8) is 0 Å². The molecular weight excluding hydrogens is 921 g/mol. The third kappa shape index (κ3) is 13.9. The van der Waals surface area contributed by atoms with Gasteiger partial charge in [-0.05, 0) is 96.3 Å². The van der Waals surface area contributed by atoms with Gasteiger partial charge < -0.3 is 40.9 Å². The molecule has 0 spiro atoms. The lowest BCUT2D eigenvalue weighted by Crippen LogP contribution is -2.66. The fraction of sp³-hybridized carbons (Fsp3) is 0.379. The van der Waals surface area contributed by atoms with Gasteiger partial charge in [-0.1, -0.05) is 156 Å². The van der Waals surface area contributed by atoms with Gasteiger partial charge in [0, 0.05) is 35.9 Å². The maximum absolute atomic E-state index is 14.7. The molecule has 0 saturated heterocycles. The van der Waals surface area contributed by atoms with E-state index in [0.29, 0.717) is 18.5 Å². The number of nitrogens with one attached hydrogen (secondary N) is 4. The van der Waals surface area contributed by atoms with Crippen LogP contribution in [0.2, 0.25) is 5.04 Å². The summed E-state index contributed by atoms with van der Waals surface area (Å²) in [6, 6.07) is 40.7. The van der Waals surface area contributed by atoms with Crippen LogP contribution in [0.3, 0.4) is 0 Å². The summed E-state index contributed by atoms with van der Waals surface area (Å²) in [5.41, 5.74) is 10.6. The largest absolute Gasteiger partial charge is 0.444 e. The number of benzene rings is 5. The summed E-state index contributed by atoms with van der Waals surface area (Å²) in [5.74, 6) is 5.73. The van der Waals surface area contributed by atoms with E-state index < -0.39 is 44.3 Å². The summed E-state index contributed by atoms with van der Waals surface area (Å²) in [4.78, 5) is 55.1. The molecule has 2 atom stereocenters. The molecule has 5 amide bonds. The van der Waals surface area contributed by atoms with Gasteiger partial charge in [-0.25, -0.2) is 14.4 Å². The fourth-order valence-electron chi connectivity index (χ4n) is 9.17. The Balaban J connectivity index is 1.36. The second kappa shape index (κ2) is 24.5. The number of hydrogen-bond donors (Lipinski definition) is 5. The number of hydrogen-bond acceptors (Lipinski definition) is 8. The molecular formula is C58H72N6O7Si. The summed E-state index contributed by atoms with van der Waals surface area (Å²) in [7, 11) is -3.03. The van der Waals surface area contributed by atoms with Crippen molar-refractivity contribution in [3.05, 3.63) is 150 Å². The average Bonchev–Trinajstić information content (AvgIpc) is 3.65. The van der Waals surface area contributed by atoms with Gasteiger partial charge in [0.2, 0.25) is 5.91 Å². The maximum atomic E-state index is 14.7. The molecule has 0 radical (unpaired) electrons. The molecule has 0 aromatic heterocycles. The van der Waals surface area contributed by atoms with Gasteiger partial charge in [-0.3, -0.25) is 9.69 Å². The van der Waals surface area contributed by atoms with Crippen LogP contribution in [-0.2, 0) is 31.8 Å². The molecule has 0 bridgehead atoms. The normalized spacial score (nSPS) is 13.1. The molecule has 0 unspecified atom stereocenters. The Kier molecular flexibility index (Phi) is 18.5. The van der Waals surface area contributed by atoms with Gasteiger partial charge >= 0.3 is 18.2 Å². The van der Waals surface area contributed by atoms with Crippen LogP contribution in [0.25, 0.3) is 11.1 Å². The van der Waals surface area contributed by atoms with E-state index in [0.717, 1.165) is 43.8 Å². The average molecular weight is 993 g/mol. The Bertz CT molecular complexity index is 2620. The molecule has 0 saturated carbocycles. The van der Waals surface area contributed by atoms with Gasteiger partial charge in [0.25, 0.3) is 8.32 Å². The number of rotatable bonds is 20. The molecule has 380 valence electrons. The molecule has 5 aromatic carbocycles. The number of anilines is 1. The number of carbonyl (C=O) groups excluding carboxylic acids is 4. The van der Waals surface area contributed by atoms with E-state index in [4.69, 9.17) is 19.6 Å². The Morgan fingerprint density at radius 3 is 1.90 bits per heavy atom. The molecule has 72 heavy (non-hydrogen) atoms. The molecule has 0 fully saturated rings. The van der Waals surface area contributed by atoms with Crippen molar-refractivity contribution >= 4 is 48.5 Å². The minimum absolute atomic E-state index is 0.00312. The number of fused-ring (bicyclic) bond motifs is 3. The quantitative estimate of drug-likeness (QED) is 0.0292. The molecule has 6 N–H and O–H groups in total. The molecule has 14 heteroatoms. The van der Waals surface area contributed by atoms with Crippen LogP contribution in [0.15, 0.2) is 127 Å². The van der Waals surface area contributed by atoms with Gasteiger partial charge in [0.1, 0.15) is 5.60 Å². The SMILES string of the molecule is CC#CCN(Cc1cc(NC(=O)[C@H](CCCNC(N)=O)NC[C@@H](NC(=O)OC(C)(C)C)C(C)C)ccc1CO[Si](c1ccccc1)(c1ccccc1)C(C)(C)C)C(=O)OC1c2ccccc2-c2ccccc21. The molecule has 13 nitrogen and oxygen atoms in total. The highest BCUT2D eigenvalue weighted by Crippen LogP contribution is 2.45. The maximum Gasteiger partial charge on any atom is 0.411 e. The summed E-state index contributed by atoms with van der Waals surface area (Å²) < 4.78 is 19.5. The molecule has 5 aromatic rings. The fourth-order valence-corrected chi connectivity index (χ4v) is 13.7. The van der Waals surface area contributed by atoms with Crippen molar-refractivity contribution in [2.45, 2.75) is 117 Å². The number of nitrogens with two attached hydrogens (primary N) is 1. The monoisotopic (exact) mass is 993 g/mol. The lowest BCUT2D eigenvalue weighted by Gasteiger charge is -2.43. The van der Waals surface area contributed by atoms with Crippen LogP contribution in [0.4, 0.5) is 20.1 Å². The second-order valence-electron chi connectivity index (χ2n) is 20.5. The first kappa shape index (κ1) is 54.4. The van der Waals surface area contributed by atoms with E-state index in [-0.39, 0.29) is 55.7 Å². The van der Waals surface area contributed by atoms with Crippen molar-refractivity contribution in [1.82, 2.24) is 20.9 Å². The number of alkyl carbamates (subject to hydrolysis) is 1. The Morgan fingerprint density at radius 1 is 0.778 bits per heavy atom. The third-order valence-electron chi connectivity index (χ3n) is 12.8. The van der Waals surface area contributed by atoms with E-state index in [9.17, 15) is 19.2 Å². The highest BCUT2D eigenvalue weighted by atomic mass is 28.4. The molecule has 0 heterocycles. The van der Waals surface area contributed by atoms with Crippen molar-refractivity contribution in [2.24, 2.45) is 11.7 Å². The van der Waals surface area contributed by atoms with Crippen molar-refractivity contribution in [3.8, 4) is 23.0 Å².